The van der Waals surface area contributed by atoms with Gasteiger partial charge in [-0.3, -0.25) is 14.5 Å². The number of carbonyl (C=O) groups excluding carboxylic acids is 2. The number of nitrogens with zero attached hydrogens (tertiary/aromatic N) is 2. The molecule has 0 spiro atoms. The van der Waals surface area contributed by atoms with Crippen LogP contribution < -0.4 is 0 Å². The molecule has 0 saturated carbocycles. The van der Waals surface area contributed by atoms with Gasteiger partial charge in [0.25, 0.3) is 0 Å². The van der Waals surface area contributed by atoms with Gasteiger partial charge in [-0.1, -0.05) is 0 Å². The number of rotatable bonds is 3. The summed E-state index contributed by atoms with van der Waals surface area (Å²) in [7, 11) is 0. The topological polar surface area (TPSA) is 49.9 Å². The number of ether oxygens (including phenoxy) is 1. The van der Waals surface area contributed by atoms with Gasteiger partial charge in [-0.25, -0.2) is 0 Å². The average Bonchev–Trinajstić information content (AvgIpc) is 2.26. The van der Waals surface area contributed by atoms with Gasteiger partial charge in [0.1, 0.15) is 11.5 Å². The lowest BCUT2D eigenvalue weighted by Gasteiger charge is -2.34. The molecule has 104 valence electrons. The van der Waals surface area contributed by atoms with Crippen molar-refractivity contribution in [2.45, 2.75) is 26.4 Å². The van der Waals surface area contributed by atoms with E-state index in [1.807, 2.05) is 25.7 Å². The number of amides is 1. The largest absolute Gasteiger partial charge is 0.459 e. The second-order valence-corrected chi connectivity index (χ2v) is 5.64. The molecule has 1 fully saturated rings. The molecule has 0 aromatic heterocycles. The van der Waals surface area contributed by atoms with Crippen molar-refractivity contribution in [2.75, 3.05) is 38.6 Å². The lowest BCUT2D eigenvalue weighted by molar-refractivity contribution is -0.156. The first-order chi connectivity index (χ1) is 8.31. The quantitative estimate of drug-likeness (QED) is 0.563. The minimum absolute atomic E-state index is 0.0199. The zero-order chi connectivity index (χ0) is 13.8. The number of hydrogen-bond donors (Lipinski definition) is 0. The maximum Gasteiger partial charge on any atom is 0.320 e. The summed E-state index contributed by atoms with van der Waals surface area (Å²) in [5.41, 5.74) is -0.451. The maximum absolute atomic E-state index is 11.6. The van der Waals surface area contributed by atoms with E-state index in [9.17, 15) is 9.59 Å². The van der Waals surface area contributed by atoms with Crippen molar-refractivity contribution in [1.29, 1.82) is 0 Å². The number of carbonyl (C=O) groups is 2. The van der Waals surface area contributed by atoms with Gasteiger partial charge in [-0.15, -0.1) is 11.6 Å². The van der Waals surface area contributed by atoms with Crippen molar-refractivity contribution in [3.63, 3.8) is 0 Å². The summed E-state index contributed by atoms with van der Waals surface area (Å²) in [6.45, 7) is 8.43. The summed E-state index contributed by atoms with van der Waals surface area (Å²) < 4.78 is 5.25. The number of esters is 1. The summed E-state index contributed by atoms with van der Waals surface area (Å²) in [5, 5.41) is 0. The van der Waals surface area contributed by atoms with Crippen LogP contribution in [0, 0.1) is 0 Å². The SMILES string of the molecule is CC(C)(C)OC(=O)CN1CCN(C(=O)CCl)CC1. The molecule has 0 aromatic carbocycles. The lowest BCUT2D eigenvalue weighted by atomic mass is 10.2. The predicted octanol–water partition coefficient (Wildman–Crippen LogP) is 0.711. The fourth-order valence-corrected chi connectivity index (χ4v) is 1.97. The molecule has 0 bridgehead atoms. The van der Waals surface area contributed by atoms with E-state index in [0.29, 0.717) is 26.2 Å². The molecule has 1 amide bonds. The Hall–Kier alpha value is -0.810. The van der Waals surface area contributed by atoms with Crippen molar-refractivity contribution in [2.24, 2.45) is 0 Å². The van der Waals surface area contributed by atoms with E-state index in [1.165, 1.54) is 0 Å². The van der Waals surface area contributed by atoms with Crippen molar-refractivity contribution < 1.29 is 14.3 Å². The van der Waals surface area contributed by atoms with Crippen LogP contribution >= 0.6 is 11.6 Å². The number of hydrogen-bond acceptors (Lipinski definition) is 4. The minimum atomic E-state index is -0.451. The highest BCUT2D eigenvalue weighted by Crippen LogP contribution is 2.09. The number of alkyl halides is 1. The van der Waals surface area contributed by atoms with E-state index in [-0.39, 0.29) is 24.3 Å². The zero-order valence-electron chi connectivity index (χ0n) is 11.2. The van der Waals surface area contributed by atoms with Crippen molar-refractivity contribution >= 4 is 23.5 Å². The number of halogens is 1. The van der Waals surface area contributed by atoms with Gasteiger partial charge < -0.3 is 9.64 Å². The summed E-state index contributed by atoms with van der Waals surface area (Å²) in [6, 6.07) is 0. The molecule has 1 saturated heterocycles. The van der Waals surface area contributed by atoms with Crippen LogP contribution in [-0.4, -0.2) is 65.9 Å². The van der Waals surface area contributed by atoms with Crippen LogP contribution in [0.15, 0.2) is 0 Å². The highest BCUT2D eigenvalue weighted by molar-refractivity contribution is 6.27. The van der Waals surface area contributed by atoms with Gasteiger partial charge >= 0.3 is 5.97 Å². The standard InChI is InChI=1S/C12H21ClN2O3/c1-12(2,3)18-11(17)9-14-4-6-15(7-5-14)10(16)8-13/h4-9H2,1-3H3. The van der Waals surface area contributed by atoms with Crippen LogP contribution in [0.5, 0.6) is 0 Å². The van der Waals surface area contributed by atoms with Crippen LogP contribution in [-0.2, 0) is 14.3 Å². The molecule has 1 aliphatic heterocycles. The highest BCUT2D eigenvalue weighted by atomic mass is 35.5. The second kappa shape index (κ2) is 6.38. The predicted molar refractivity (Wildman–Crippen MR) is 69.6 cm³/mol. The first-order valence-corrected chi connectivity index (χ1v) is 6.63. The van der Waals surface area contributed by atoms with Gasteiger partial charge in [-0.05, 0) is 20.8 Å². The summed E-state index contributed by atoms with van der Waals surface area (Å²) in [4.78, 5) is 26.7. The third-order valence-corrected chi connectivity index (χ3v) is 2.84. The Morgan fingerprint density at radius 2 is 1.72 bits per heavy atom. The van der Waals surface area contributed by atoms with Gasteiger partial charge in [-0.2, -0.15) is 0 Å². The third-order valence-electron chi connectivity index (χ3n) is 2.61. The van der Waals surface area contributed by atoms with Crippen LogP contribution in [0.4, 0.5) is 0 Å². The average molecular weight is 277 g/mol. The molecule has 1 rings (SSSR count). The Kier molecular flexibility index (Phi) is 5.41. The molecule has 1 aliphatic rings. The summed E-state index contributed by atoms with van der Waals surface area (Å²) in [6.07, 6.45) is 0. The first-order valence-electron chi connectivity index (χ1n) is 6.10. The monoisotopic (exact) mass is 276 g/mol. The third kappa shape index (κ3) is 5.23. The van der Waals surface area contributed by atoms with Gasteiger partial charge in [0, 0.05) is 26.2 Å². The molecular weight excluding hydrogens is 256 g/mol. The molecule has 6 heteroatoms. The summed E-state index contributed by atoms with van der Waals surface area (Å²) in [5.74, 6) is -0.250. The van der Waals surface area contributed by atoms with Crippen molar-refractivity contribution in [3.8, 4) is 0 Å². The molecule has 1 heterocycles. The maximum atomic E-state index is 11.6. The smallest absolute Gasteiger partial charge is 0.320 e. The molecule has 0 aromatic rings. The minimum Gasteiger partial charge on any atom is -0.459 e. The van der Waals surface area contributed by atoms with Crippen molar-refractivity contribution in [3.05, 3.63) is 0 Å². The van der Waals surface area contributed by atoms with E-state index >= 15 is 0 Å². The van der Waals surface area contributed by atoms with E-state index < -0.39 is 5.60 Å². The van der Waals surface area contributed by atoms with Crippen LogP contribution in [0.2, 0.25) is 0 Å². The molecule has 0 atom stereocenters. The Morgan fingerprint density at radius 1 is 1.17 bits per heavy atom. The molecule has 0 aliphatic carbocycles. The van der Waals surface area contributed by atoms with Gasteiger partial charge in [0.15, 0.2) is 0 Å². The van der Waals surface area contributed by atoms with E-state index in [2.05, 4.69) is 0 Å². The van der Waals surface area contributed by atoms with Crippen molar-refractivity contribution in [1.82, 2.24) is 9.80 Å². The van der Waals surface area contributed by atoms with E-state index in [4.69, 9.17) is 16.3 Å². The van der Waals surface area contributed by atoms with E-state index in [0.717, 1.165) is 0 Å². The Bertz CT molecular complexity index is 307. The molecule has 0 radical (unpaired) electrons. The fraction of sp³-hybridized carbons (Fsp3) is 0.833. The first kappa shape index (κ1) is 15.2. The second-order valence-electron chi connectivity index (χ2n) is 5.38. The van der Waals surface area contributed by atoms with Gasteiger partial charge in [0.05, 0.1) is 6.54 Å². The van der Waals surface area contributed by atoms with Crippen LogP contribution in [0.1, 0.15) is 20.8 Å². The Balaban J connectivity index is 2.31. The molecule has 18 heavy (non-hydrogen) atoms. The molecule has 0 N–H and O–H groups in total. The molecular formula is C12H21ClN2O3. The number of piperazine rings is 1. The highest BCUT2D eigenvalue weighted by Gasteiger charge is 2.24. The zero-order valence-corrected chi connectivity index (χ0v) is 12.0. The summed E-state index contributed by atoms with van der Waals surface area (Å²) >= 11 is 5.50. The van der Waals surface area contributed by atoms with E-state index in [1.54, 1.807) is 4.90 Å². The Labute approximate surface area is 113 Å². The van der Waals surface area contributed by atoms with Gasteiger partial charge in [0.2, 0.25) is 5.91 Å². The normalized spacial score (nSPS) is 17.7. The Morgan fingerprint density at radius 3 is 2.17 bits per heavy atom. The molecule has 5 nitrogen and oxygen atoms in total. The van der Waals surface area contributed by atoms with Crippen LogP contribution in [0.25, 0.3) is 0 Å². The van der Waals surface area contributed by atoms with Crippen LogP contribution in [0.3, 0.4) is 0 Å². The fourth-order valence-electron chi connectivity index (χ4n) is 1.80. The molecule has 0 unspecified atom stereocenters. The lowest BCUT2D eigenvalue weighted by Crippen LogP contribution is -2.50.